The molecule has 0 saturated carbocycles. The number of rotatable bonds is 5. The molecule has 1 saturated heterocycles. The lowest BCUT2D eigenvalue weighted by Crippen LogP contribution is -2.52. The van der Waals surface area contributed by atoms with Crippen molar-refractivity contribution in [1.82, 2.24) is 24.0 Å². The molecule has 9 heteroatoms. The van der Waals surface area contributed by atoms with E-state index in [4.69, 9.17) is 4.74 Å². The van der Waals surface area contributed by atoms with Gasteiger partial charge in [0.1, 0.15) is 17.9 Å². The molecule has 29 heavy (non-hydrogen) atoms. The van der Waals surface area contributed by atoms with Crippen molar-refractivity contribution in [3.63, 3.8) is 0 Å². The molecule has 4 rings (SSSR count). The minimum Gasteiger partial charge on any atom is -0.377 e. The molecule has 0 aliphatic carbocycles. The first-order chi connectivity index (χ1) is 14.0. The van der Waals surface area contributed by atoms with Gasteiger partial charge in [-0.25, -0.2) is 28.5 Å². The van der Waals surface area contributed by atoms with Gasteiger partial charge in [-0.05, 0) is 18.1 Å². The molecule has 1 amide bonds. The van der Waals surface area contributed by atoms with Crippen molar-refractivity contribution in [3.05, 3.63) is 58.2 Å². The first kappa shape index (κ1) is 19.3. The Morgan fingerprint density at radius 3 is 2.76 bits per heavy atom. The first-order valence-corrected chi connectivity index (χ1v) is 9.55. The summed E-state index contributed by atoms with van der Waals surface area (Å²) >= 11 is 0. The van der Waals surface area contributed by atoms with Crippen LogP contribution >= 0.6 is 0 Å². The molecule has 0 N–H and O–H groups in total. The van der Waals surface area contributed by atoms with Crippen LogP contribution in [0.4, 0.5) is 9.18 Å². The van der Waals surface area contributed by atoms with Gasteiger partial charge >= 0.3 is 11.7 Å². The highest BCUT2D eigenvalue weighted by molar-refractivity contribution is 5.88. The summed E-state index contributed by atoms with van der Waals surface area (Å²) < 4.78 is 21.6. The minimum absolute atomic E-state index is 0.0793. The Morgan fingerprint density at radius 2 is 2.07 bits per heavy atom. The lowest BCUT2D eigenvalue weighted by molar-refractivity contribution is 0.151. The van der Waals surface area contributed by atoms with Crippen LogP contribution in [-0.4, -0.2) is 50.2 Å². The number of aromatic nitrogens is 4. The number of nitrogens with zero attached hydrogens (tertiary/aromatic N) is 5. The molecule has 0 spiro atoms. The topological polar surface area (TPSA) is 82.2 Å². The van der Waals surface area contributed by atoms with Gasteiger partial charge < -0.3 is 9.64 Å². The zero-order valence-electron chi connectivity index (χ0n) is 16.3. The average Bonchev–Trinajstić information content (AvgIpc) is 2.94. The van der Waals surface area contributed by atoms with Gasteiger partial charge in [0.25, 0.3) is 0 Å². The van der Waals surface area contributed by atoms with E-state index in [0.29, 0.717) is 42.2 Å². The Balaban J connectivity index is 1.65. The Hall–Kier alpha value is -3.07. The van der Waals surface area contributed by atoms with E-state index in [1.54, 1.807) is 18.2 Å². The third-order valence-electron chi connectivity index (χ3n) is 5.13. The quantitative estimate of drug-likeness (QED) is 0.658. The fourth-order valence-electron chi connectivity index (χ4n) is 3.66. The Bertz CT molecular complexity index is 1120. The van der Waals surface area contributed by atoms with Crippen LogP contribution in [0.15, 0.2) is 35.3 Å². The van der Waals surface area contributed by atoms with Gasteiger partial charge in [0.2, 0.25) is 0 Å². The van der Waals surface area contributed by atoms with Crippen LogP contribution in [0.3, 0.4) is 0 Å². The van der Waals surface area contributed by atoms with Gasteiger partial charge in [0, 0.05) is 32.7 Å². The molecule has 3 heterocycles. The number of hydrogen-bond acceptors (Lipinski definition) is 5. The number of fused-ring (bicyclic) bond motifs is 1. The number of benzene rings is 1. The van der Waals surface area contributed by atoms with E-state index in [-0.39, 0.29) is 18.3 Å². The standard InChI is InChI=1S/C20H22FN5O3/c1-3-8-25-18-16(9-22-17(23-18)12-29-2)26(20(25)28)19(27)24-10-13(11-24)14-6-4-5-7-15(14)21/h4-7,9,13H,3,8,10-12H2,1-2H3. The Labute approximate surface area is 166 Å². The maximum absolute atomic E-state index is 14.0. The Morgan fingerprint density at radius 1 is 1.31 bits per heavy atom. The van der Waals surface area contributed by atoms with Crippen molar-refractivity contribution in [3.8, 4) is 0 Å². The van der Waals surface area contributed by atoms with Gasteiger partial charge in [-0.15, -0.1) is 0 Å². The van der Waals surface area contributed by atoms with E-state index in [0.717, 1.165) is 11.0 Å². The number of amides is 1. The summed E-state index contributed by atoms with van der Waals surface area (Å²) in [4.78, 5) is 36.2. The van der Waals surface area contributed by atoms with Gasteiger partial charge in [0.05, 0.1) is 6.20 Å². The van der Waals surface area contributed by atoms with Crippen molar-refractivity contribution < 1.29 is 13.9 Å². The molecule has 0 radical (unpaired) electrons. The van der Waals surface area contributed by atoms with Crippen LogP contribution in [0.5, 0.6) is 0 Å². The summed E-state index contributed by atoms with van der Waals surface area (Å²) in [7, 11) is 1.54. The predicted octanol–water partition coefficient (Wildman–Crippen LogP) is 2.36. The van der Waals surface area contributed by atoms with Gasteiger partial charge in [-0.1, -0.05) is 25.1 Å². The Kier molecular flexibility index (Phi) is 5.14. The van der Waals surface area contributed by atoms with Gasteiger partial charge in [-0.2, -0.15) is 0 Å². The molecule has 152 valence electrons. The maximum Gasteiger partial charge on any atom is 0.338 e. The molecular formula is C20H22FN5O3. The molecule has 0 atom stereocenters. The zero-order chi connectivity index (χ0) is 20.5. The van der Waals surface area contributed by atoms with Gasteiger partial charge in [0.15, 0.2) is 11.5 Å². The molecule has 1 aromatic carbocycles. The summed E-state index contributed by atoms with van der Waals surface area (Å²) in [5, 5.41) is 0. The second-order valence-corrected chi connectivity index (χ2v) is 7.10. The fourth-order valence-corrected chi connectivity index (χ4v) is 3.66. The van der Waals surface area contributed by atoms with Crippen LogP contribution in [0.1, 0.15) is 30.7 Å². The van der Waals surface area contributed by atoms with Crippen LogP contribution in [0.25, 0.3) is 11.2 Å². The number of hydrogen-bond donors (Lipinski definition) is 0. The lowest BCUT2D eigenvalue weighted by Gasteiger charge is -2.39. The molecule has 8 nitrogen and oxygen atoms in total. The smallest absolute Gasteiger partial charge is 0.338 e. The average molecular weight is 399 g/mol. The molecule has 1 aliphatic heterocycles. The molecule has 0 bridgehead atoms. The summed E-state index contributed by atoms with van der Waals surface area (Å²) in [5.41, 5.74) is 0.927. The number of likely N-dealkylation sites (tertiary alicyclic amines) is 1. The monoisotopic (exact) mass is 399 g/mol. The van der Waals surface area contributed by atoms with E-state index in [1.165, 1.54) is 28.8 Å². The van der Waals surface area contributed by atoms with E-state index >= 15 is 0 Å². The van der Waals surface area contributed by atoms with E-state index in [1.807, 2.05) is 6.92 Å². The normalized spacial score (nSPS) is 14.4. The fraction of sp³-hybridized carbons (Fsp3) is 0.400. The molecule has 1 fully saturated rings. The number of ether oxygens (including phenoxy) is 1. The molecule has 1 aliphatic rings. The number of halogens is 1. The highest BCUT2D eigenvalue weighted by Crippen LogP contribution is 2.29. The highest BCUT2D eigenvalue weighted by atomic mass is 19.1. The lowest BCUT2D eigenvalue weighted by atomic mass is 9.91. The van der Waals surface area contributed by atoms with Crippen molar-refractivity contribution >= 4 is 17.2 Å². The summed E-state index contributed by atoms with van der Waals surface area (Å²) in [6.45, 7) is 3.32. The number of aryl methyl sites for hydroxylation is 1. The van der Waals surface area contributed by atoms with Crippen LogP contribution in [-0.2, 0) is 17.9 Å². The van der Waals surface area contributed by atoms with Crippen LogP contribution in [0, 0.1) is 5.82 Å². The zero-order valence-corrected chi connectivity index (χ0v) is 16.3. The predicted molar refractivity (Wildman–Crippen MR) is 104 cm³/mol. The third-order valence-corrected chi connectivity index (χ3v) is 5.13. The van der Waals surface area contributed by atoms with Crippen molar-refractivity contribution in [2.45, 2.75) is 32.4 Å². The molecule has 0 unspecified atom stereocenters. The van der Waals surface area contributed by atoms with Gasteiger partial charge in [-0.3, -0.25) is 4.57 Å². The van der Waals surface area contributed by atoms with E-state index < -0.39 is 11.7 Å². The summed E-state index contributed by atoms with van der Waals surface area (Å²) in [5.74, 6) is 0.0859. The van der Waals surface area contributed by atoms with Crippen LogP contribution in [0.2, 0.25) is 0 Å². The number of imidazole rings is 1. The maximum atomic E-state index is 14.0. The second kappa shape index (κ2) is 7.75. The van der Waals surface area contributed by atoms with Crippen molar-refractivity contribution in [2.24, 2.45) is 0 Å². The van der Waals surface area contributed by atoms with E-state index in [2.05, 4.69) is 9.97 Å². The number of methoxy groups -OCH3 is 1. The van der Waals surface area contributed by atoms with E-state index in [9.17, 15) is 14.0 Å². The first-order valence-electron chi connectivity index (χ1n) is 9.55. The largest absolute Gasteiger partial charge is 0.377 e. The summed E-state index contributed by atoms with van der Waals surface area (Å²) in [6, 6.07) is 6.12. The van der Waals surface area contributed by atoms with Crippen LogP contribution < -0.4 is 5.69 Å². The summed E-state index contributed by atoms with van der Waals surface area (Å²) in [6.07, 6.45) is 2.20. The highest BCUT2D eigenvalue weighted by Gasteiger charge is 2.35. The number of carbonyl (C=O) groups excluding carboxylic acids is 1. The molecular weight excluding hydrogens is 377 g/mol. The number of carbonyl (C=O) groups is 1. The second-order valence-electron chi connectivity index (χ2n) is 7.10. The van der Waals surface area contributed by atoms with Crippen molar-refractivity contribution in [2.75, 3.05) is 20.2 Å². The molecule has 3 aromatic rings. The third kappa shape index (κ3) is 3.31. The SMILES string of the molecule is CCCn1c(=O)n(C(=O)N2CC(c3ccccc3F)C2)c2cnc(COC)nc21. The van der Waals surface area contributed by atoms with Crippen molar-refractivity contribution in [1.29, 1.82) is 0 Å². The minimum atomic E-state index is -0.440. The molecule has 2 aromatic heterocycles.